The quantitative estimate of drug-likeness (QED) is 0.623. The molecule has 0 radical (unpaired) electrons. The molecule has 0 aliphatic carbocycles. The number of piperazine rings is 1. The highest BCUT2D eigenvalue weighted by atomic mass is 19.4. The second-order valence-corrected chi connectivity index (χ2v) is 7.42. The summed E-state index contributed by atoms with van der Waals surface area (Å²) in [6.07, 6.45) is -4.76. The molecule has 8 nitrogen and oxygen atoms in total. The Labute approximate surface area is 189 Å². The van der Waals surface area contributed by atoms with Crippen molar-refractivity contribution in [2.45, 2.75) is 6.36 Å². The van der Waals surface area contributed by atoms with Gasteiger partial charge in [0.05, 0.1) is 25.9 Å². The fourth-order valence-electron chi connectivity index (χ4n) is 3.39. The van der Waals surface area contributed by atoms with Crippen molar-refractivity contribution in [1.82, 2.24) is 9.80 Å². The molecule has 2 N–H and O–H groups in total. The molecule has 1 saturated heterocycles. The van der Waals surface area contributed by atoms with Gasteiger partial charge in [-0.05, 0) is 36.4 Å². The van der Waals surface area contributed by atoms with Crippen LogP contribution in [0.25, 0.3) is 0 Å². The topological polar surface area (TPSA) is 83.1 Å². The lowest BCUT2D eigenvalue weighted by Crippen LogP contribution is -2.50. The van der Waals surface area contributed by atoms with E-state index in [2.05, 4.69) is 15.4 Å². The Morgan fingerprint density at radius 2 is 1.42 bits per heavy atom. The average molecular weight is 466 g/mol. The molecule has 0 atom stereocenters. The number of para-hydroxylation sites is 2. The van der Waals surface area contributed by atoms with Crippen LogP contribution in [0, 0.1) is 0 Å². The molecular weight excluding hydrogens is 441 g/mol. The number of ether oxygens (including phenoxy) is 2. The summed E-state index contributed by atoms with van der Waals surface area (Å²) >= 11 is 0. The highest BCUT2D eigenvalue weighted by Gasteiger charge is 2.31. The van der Waals surface area contributed by atoms with Crippen molar-refractivity contribution in [3.63, 3.8) is 0 Å². The van der Waals surface area contributed by atoms with Gasteiger partial charge in [0, 0.05) is 31.9 Å². The Morgan fingerprint density at radius 1 is 0.879 bits per heavy atom. The standard InChI is InChI=1S/C22H25F3N4O4/c1-32-19-5-3-2-4-18(19)27-21(31)15-29-12-10-28(11-13-29)14-20(30)26-16-6-8-17(9-7-16)33-22(23,24)25/h2-9H,10-15H2,1H3,(H,26,30)(H,27,31). The van der Waals surface area contributed by atoms with Crippen molar-refractivity contribution in [3.8, 4) is 11.5 Å². The highest BCUT2D eigenvalue weighted by Crippen LogP contribution is 2.24. The first-order chi connectivity index (χ1) is 15.7. The zero-order chi connectivity index (χ0) is 23.8. The third-order valence-corrected chi connectivity index (χ3v) is 4.95. The third kappa shape index (κ3) is 7.95. The molecule has 178 valence electrons. The van der Waals surface area contributed by atoms with E-state index < -0.39 is 6.36 Å². The molecule has 1 heterocycles. The molecule has 1 aliphatic heterocycles. The van der Waals surface area contributed by atoms with E-state index in [1.807, 2.05) is 21.9 Å². The number of carbonyl (C=O) groups excluding carboxylic acids is 2. The number of carbonyl (C=O) groups is 2. The van der Waals surface area contributed by atoms with Gasteiger partial charge in [0.1, 0.15) is 11.5 Å². The minimum Gasteiger partial charge on any atom is -0.495 e. The van der Waals surface area contributed by atoms with E-state index in [1.165, 1.54) is 19.2 Å². The van der Waals surface area contributed by atoms with Crippen LogP contribution in [-0.4, -0.2) is 74.4 Å². The number of benzene rings is 2. The Hall–Kier alpha value is -3.31. The van der Waals surface area contributed by atoms with Gasteiger partial charge >= 0.3 is 6.36 Å². The van der Waals surface area contributed by atoms with E-state index in [4.69, 9.17) is 4.74 Å². The van der Waals surface area contributed by atoms with Crippen molar-refractivity contribution >= 4 is 23.2 Å². The molecule has 0 unspecified atom stereocenters. The van der Waals surface area contributed by atoms with Gasteiger partial charge in [0.15, 0.2) is 0 Å². The zero-order valence-electron chi connectivity index (χ0n) is 18.0. The molecule has 33 heavy (non-hydrogen) atoms. The van der Waals surface area contributed by atoms with Crippen molar-refractivity contribution in [2.24, 2.45) is 0 Å². The SMILES string of the molecule is COc1ccccc1NC(=O)CN1CCN(CC(=O)Nc2ccc(OC(F)(F)F)cc2)CC1. The van der Waals surface area contributed by atoms with Crippen LogP contribution in [-0.2, 0) is 9.59 Å². The zero-order valence-corrected chi connectivity index (χ0v) is 18.0. The largest absolute Gasteiger partial charge is 0.573 e. The number of methoxy groups -OCH3 is 1. The molecule has 2 amide bonds. The van der Waals surface area contributed by atoms with Crippen LogP contribution in [0.2, 0.25) is 0 Å². The summed E-state index contributed by atoms with van der Waals surface area (Å²) in [5.74, 6) is -0.193. The van der Waals surface area contributed by atoms with Crippen molar-refractivity contribution in [1.29, 1.82) is 0 Å². The minimum atomic E-state index is -4.76. The normalized spacial score (nSPS) is 15.0. The second-order valence-electron chi connectivity index (χ2n) is 7.42. The fourth-order valence-corrected chi connectivity index (χ4v) is 3.39. The average Bonchev–Trinajstić information content (AvgIpc) is 2.76. The molecule has 1 fully saturated rings. The van der Waals surface area contributed by atoms with Gasteiger partial charge in [-0.15, -0.1) is 13.2 Å². The van der Waals surface area contributed by atoms with Gasteiger partial charge in [0.2, 0.25) is 11.8 Å². The van der Waals surface area contributed by atoms with Crippen LogP contribution in [0.15, 0.2) is 48.5 Å². The van der Waals surface area contributed by atoms with Crippen LogP contribution < -0.4 is 20.1 Å². The molecule has 0 saturated carbocycles. The number of amides is 2. The van der Waals surface area contributed by atoms with Crippen LogP contribution in [0.5, 0.6) is 11.5 Å². The molecule has 11 heteroatoms. The van der Waals surface area contributed by atoms with Gasteiger partial charge in [-0.25, -0.2) is 0 Å². The highest BCUT2D eigenvalue weighted by molar-refractivity contribution is 5.94. The Kier molecular flexibility index (Phi) is 8.12. The molecule has 2 aromatic carbocycles. The molecule has 3 rings (SSSR count). The summed E-state index contributed by atoms with van der Waals surface area (Å²) in [4.78, 5) is 28.6. The minimum absolute atomic E-state index is 0.141. The third-order valence-electron chi connectivity index (χ3n) is 4.95. The number of nitrogens with zero attached hydrogens (tertiary/aromatic N) is 2. The number of anilines is 2. The van der Waals surface area contributed by atoms with Crippen LogP contribution >= 0.6 is 0 Å². The van der Waals surface area contributed by atoms with E-state index in [9.17, 15) is 22.8 Å². The summed E-state index contributed by atoms with van der Waals surface area (Å²) in [5.41, 5.74) is 0.986. The summed E-state index contributed by atoms with van der Waals surface area (Å²) in [6.45, 7) is 2.82. The molecule has 2 aromatic rings. The van der Waals surface area contributed by atoms with Crippen molar-refractivity contribution in [2.75, 3.05) is 57.0 Å². The van der Waals surface area contributed by atoms with Gasteiger partial charge in [0.25, 0.3) is 0 Å². The maximum atomic E-state index is 12.4. The predicted octanol–water partition coefficient (Wildman–Crippen LogP) is 2.79. The first-order valence-corrected chi connectivity index (χ1v) is 10.2. The van der Waals surface area contributed by atoms with Crippen LogP contribution in [0.1, 0.15) is 0 Å². The molecule has 0 bridgehead atoms. The van der Waals surface area contributed by atoms with E-state index >= 15 is 0 Å². The summed E-state index contributed by atoms with van der Waals surface area (Å²) in [6, 6.07) is 12.1. The Morgan fingerprint density at radius 3 is 1.97 bits per heavy atom. The van der Waals surface area contributed by atoms with Gasteiger partial charge in [-0.3, -0.25) is 19.4 Å². The van der Waals surface area contributed by atoms with Crippen LogP contribution in [0.4, 0.5) is 24.5 Å². The van der Waals surface area contributed by atoms with E-state index in [-0.39, 0.29) is 30.7 Å². The van der Waals surface area contributed by atoms with Gasteiger partial charge in [-0.1, -0.05) is 12.1 Å². The molecule has 0 aromatic heterocycles. The summed E-state index contributed by atoms with van der Waals surface area (Å²) in [7, 11) is 1.54. The number of alkyl halides is 3. The van der Waals surface area contributed by atoms with Crippen molar-refractivity contribution < 1.29 is 32.2 Å². The first-order valence-electron chi connectivity index (χ1n) is 10.2. The number of halogens is 3. The monoisotopic (exact) mass is 466 g/mol. The molecule has 1 aliphatic rings. The number of hydrogen-bond acceptors (Lipinski definition) is 6. The second kappa shape index (κ2) is 11.0. The van der Waals surface area contributed by atoms with E-state index in [1.54, 1.807) is 12.1 Å². The number of nitrogens with one attached hydrogen (secondary N) is 2. The lowest BCUT2D eigenvalue weighted by atomic mass is 10.2. The Balaban J connectivity index is 1.39. The first kappa shape index (κ1) is 24.3. The molecular formula is C22H25F3N4O4. The number of rotatable bonds is 8. The predicted molar refractivity (Wildman–Crippen MR) is 116 cm³/mol. The maximum absolute atomic E-state index is 12.4. The van der Waals surface area contributed by atoms with E-state index in [0.717, 1.165) is 12.1 Å². The summed E-state index contributed by atoms with van der Waals surface area (Å²) < 4.78 is 45.7. The number of hydrogen-bond donors (Lipinski definition) is 2. The van der Waals surface area contributed by atoms with Gasteiger partial charge < -0.3 is 20.1 Å². The Bertz CT molecular complexity index is 945. The van der Waals surface area contributed by atoms with E-state index in [0.29, 0.717) is 43.3 Å². The lowest BCUT2D eigenvalue weighted by Gasteiger charge is -2.33. The smallest absolute Gasteiger partial charge is 0.495 e. The maximum Gasteiger partial charge on any atom is 0.573 e. The van der Waals surface area contributed by atoms with Crippen LogP contribution in [0.3, 0.4) is 0 Å². The molecule has 0 spiro atoms. The summed E-state index contributed by atoms with van der Waals surface area (Å²) in [5, 5.41) is 5.50. The van der Waals surface area contributed by atoms with Crippen molar-refractivity contribution in [3.05, 3.63) is 48.5 Å². The van der Waals surface area contributed by atoms with Gasteiger partial charge in [-0.2, -0.15) is 0 Å². The lowest BCUT2D eigenvalue weighted by molar-refractivity contribution is -0.274. The fraction of sp³-hybridized carbons (Fsp3) is 0.364.